The Hall–Kier alpha value is -2.33. The normalized spacial score (nSPS) is 24.1. The van der Waals surface area contributed by atoms with Gasteiger partial charge in [-0.1, -0.05) is 42.5 Å². The number of benzene rings is 2. The number of nitrogens with one attached hydrogen (secondary N) is 1. The van der Waals surface area contributed by atoms with E-state index in [0.717, 1.165) is 5.56 Å². The SMILES string of the molecule is O=C(NCC1COC1)C1(c2ccc(CN3CCC[C@H](c4ccccc4)S3(=O)=O)c(F)c2)CCOCC1. The molecule has 0 aromatic heterocycles. The Morgan fingerprint density at radius 1 is 1.08 bits per heavy atom. The summed E-state index contributed by atoms with van der Waals surface area (Å²) in [5.74, 6) is -0.291. The third-order valence-corrected chi connectivity index (χ3v) is 10.0. The molecule has 0 unspecified atom stereocenters. The third kappa shape index (κ3) is 4.94. The van der Waals surface area contributed by atoms with Gasteiger partial charge >= 0.3 is 0 Å². The van der Waals surface area contributed by atoms with Crippen molar-refractivity contribution >= 4 is 15.9 Å². The van der Waals surface area contributed by atoms with Crippen molar-refractivity contribution < 1.29 is 27.1 Å². The van der Waals surface area contributed by atoms with Crippen LogP contribution < -0.4 is 5.32 Å². The van der Waals surface area contributed by atoms with Crippen molar-refractivity contribution in [2.75, 3.05) is 39.5 Å². The van der Waals surface area contributed by atoms with Gasteiger partial charge in [0.1, 0.15) is 11.1 Å². The molecule has 0 radical (unpaired) electrons. The van der Waals surface area contributed by atoms with E-state index in [-0.39, 0.29) is 12.5 Å². The Kier molecular flexibility index (Phi) is 7.44. The van der Waals surface area contributed by atoms with Crippen LogP contribution in [0.5, 0.6) is 0 Å². The predicted octanol–water partition coefficient (Wildman–Crippen LogP) is 3.30. The summed E-state index contributed by atoms with van der Waals surface area (Å²) in [5, 5.41) is 2.42. The molecule has 1 amide bonds. The Morgan fingerprint density at radius 2 is 1.83 bits per heavy atom. The van der Waals surface area contributed by atoms with Crippen LogP contribution in [0.4, 0.5) is 4.39 Å². The highest BCUT2D eigenvalue weighted by Gasteiger charge is 2.43. The molecule has 2 aromatic rings. The Balaban J connectivity index is 1.35. The molecule has 0 saturated carbocycles. The summed E-state index contributed by atoms with van der Waals surface area (Å²) in [7, 11) is -3.63. The van der Waals surface area contributed by atoms with Gasteiger partial charge < -0.3 is 14.8 Å². The van der Waals surface area contributed by atoms with Gasteiger partial charge in [0.2, 0.25) is 15.9 Å². The molecular formula is C27H33FN2O5S. The van der Waals surface area contributed by atoms with Gasteiger partial charge in [0.15, 0.2) is 0 Å². The zero-order valence-electron chi connectivity index (χ0n) is 20.3. The number of ether oxygens (including phenoxy) is 2. The van der Waals surface area contributed by atoms with Crippen LogP contribution in [0.15, 0.2) is 48.5 Å². The number of hydrogen-bond acceptors (Lipinski definition) is 5. The molecule has 0 aliphatic carbocycles. The zero-order valence-corrected chi connectivity index (χ0v) is 21.1. The fourth-order valence-corrected chi connectivity index (χ4v) is 7.45. The van der Waals surface area contributed by atoms with Crippen LogP contribution >= 0.6 is 0 Å². The first kappa shape index (κ1) is 25.3. The van der Waals surface area contributed by atoms with Crippen molar-refractivity contribution in [3.63, 3.8) is 0 Å². The van der Waals surface area contributed by atoms with E-state index in [1.165, 1.54) is 10.4 Å². The topological polar surface area (TPSA) is 84.9 Å². The highest BCUT2D eigenvalue weighted by atomic mass is 32.2. The second kappa shape index (κ2) is 10.6. The maximum atomic E-state index is 15.4. The molecule has 3 heterocycles. The lowest BCUT2D eigenvalue weighted by atomic mass is 9.73. The van der Waals surface area contributed by atoms with Crippen LogP contribution in [0.3, 0.4) is 0 Å². The molecule has 0 bridgehead atoms. The molecule has 1 atom stereocenters. The largest absolute Gasteiger partial charge is 0.381 e. The van der Waals surface area contributed by atoms with Gasteiger partial charge in [-0.15, -0.1) is 0 Å². The summed E-state index contributed by atoms with van der Waals surface area (Å²) in [6.07, 6.45) is 2.21. The minimum atomic E-state index is -3.63. The zero-order chi connectivity index (χ0) is 25.2. The lowest BCUT2D eigenvalue weighted by molar-refractivity contribution is -0.131. The van der Waals surface area contributed by atoms with Gasteiger partial charge in [-0.25, -0.2) is 12.8 Å². The van der Waals surface area contributed by atoms with E-state index in [2.05, 4.69) is 5.32 Å². The van der Waals surface area contributed by atoms with Crippen molar-refractivity contribution in [3.8, 4) is 0 Å². The standard InChI is InChI=1S/C27H33FN2O5S/c28-24-15-23(27(10-13-34-14-11-27)26(31)29-16-20-18-35-19-20)9-8-22(24)17-30-12-4-7-25(36(30,32)33)21-5-2-1-3-6-21/h1-3,5-6,8-9,15,20,25H,4,7,10-14,16-19H2,(H,29,31)/t25-/m1/s1. The van der Waals surface area contributed by atoms with Crippen molar-refractivity contribution in [2.24, 2.45) is 5.92 Å². The lowest BCUT2D eigenvalue weighted by Crippen LogP contribution is -2.50. The van der Waals surface area contributed by atoms with E-state index in [1.807, 2.05) is 30.3 Å². The van der Waals surface area contributed by atoms with E-state index in [1.54, 1.807) is 12.1 Å². The van der Waals surface area contributed by atoms with E-state index >= 15 is 4.39 Å². The van der Waals surface area contributed by atoms with E-state index in [4.69, 9.17) is 9.47 Å². The van der Waals surface area contributed by atoms with Crippen LogP contribution in [-0.4, -0.2) is 58.1 Å². The molecule has 3 aliphatic heterocycles. The quantitative estimate of drug-likeness (QED) is 0.611. The van der Waals surface area contributed by atoms with Gasteiger partial charge in [-0.05, 0) is 42.9 Å². The fourth-order valence-electron chi connectivity index (χ4n) is 5.42. The average molecular weight is 517 g/mol. The molecule has 3 fully saturated rings. The number of amides is 1. The molecule has 7 nitrogen and oxygen atoms in total. The van der Waals surface area contributed by atoms with Gasteiger partial charge in [0.25, 0.3) is 0 Å². The lowest BCUT2D eigenvalue weighted by Gasteiger charge is -2.37. The maximum Gasteiger partial charge on any atom is 0.230 e. The van der Waals surface area contributed by atoms with Crippen molar-refractivity contribution in [1.82, 2.24) is 9.62 Å². The number of sulfonamides is 1. The molecule has 3 saturated heterocycles. The third-order valence-electron chi connectivity index (χ3n) is 7.76. The van der Waals surface area contributed by atoms with Gasteiger partial charge in [-0.2, -0.15) is 4.31 Å². The van der Waals surface area contributed by atoms with Gasteiger partial charge in [0, 0.05) is 44.3 Å². The molecule has 1 N–H and O–H groups in total. The molecule has 3 aliphatic rings. The van der Waals surface area contributed by atoms with Crippen molar-refractivity contribution in [2.45, 2.75) is 42.9 Å². The highest BCUT2D eigenvalue weighted by Crippen LogP contribution is 2.38. The second-order valence-corrected chi connectivity index (χ2v) is 12.1. The number of halogens is 1. The van der Waals surface area contributed by atoms with E-state index < -0.39 is 26.5 Å². The Bertz CT molecular complexity index is 1180. The van der Waals surface area contributed by atoms with Crippen LogP contribution in [0.25, 0.3) is 0 Å². The summed E-state index contributed by atoms with van der Waals surface area (Å²) >= 11 is 0. The minimum Gasteiger partial charge on any atom is -0.381 e. The molecule has 36 heavy (non-hydrogen) atoms. The van der Waals surface area contributed by atoms with E-state index in [9.17, 15) is 13.2 Å². The van der Waals surface area contributed by atoms with Gasteiger partial charge in [0.05, 0.1) is 18.6 Å². The molecule has 2 aromatic carbocycles. The molecular weight excluding hydrogens is 483 g/mol. The van der Waals surface area contributed by atoms with Crippen LogP contribution in [0.2, 0.25) is 0 Å². The smallest absolute Gasteiger partial charge is 0.230 e. The van der Waals surface area contributed by atoms with Crippen LogP contribution in [0.1, 0.15) is 47.6 Å². The average Bonchev–Trinajstić information content (AvgIpc) is 2.86. The summed E-state index contributed by atoms with van der Waals surface area (Å²) < 4.78 is 54.3. The van der Waals surface area contributed by atoms with Crippen LogP contribution in [-0.2, 0) is 36.3 Å². The van der Waals surface area contributed by atoms with Crippen molar-refractivity contribution in [1.29, 1.82) is 0 Å². The summed E-state index contributed by atoms with van der Waals surface area (Å²) in [4.78, 5) is 13.3. The maximum absolute atomic E-state index is 15.4. The minimum absolute atomic E-state index is 0.0260. The monoisotopic (exact) mass is 516 g/mol. The van der Waals surface area contributed by atoms with Crippen molar-refractivity contribution in [3.05, 3.63) is 71.0 Å². The Morgan fingerprint density at radius 3 is 2.50 bits per heavy atom. The Labute approximate surface area is 212 Å². The fraction of sp³-hybridized carbons (Fsp3) is 0.519. The number of carbonyl (C=O) groups excluding carboxylic acids is 1. The summed E-state index contributed by atoms with van der Waals surface area (Å²) in [6.45, 7) is 3.02. The molecule has 0 spiro atoms. The first-order chi connectivity index (χ1) is 17.4. The molecule has 5 rings (SSSR count). The summed E-state index contributed by atoms with van der Waals surface area (Å²) in [6, 6.07) is 14.0. The summed E-state index contributed by atoms with van der Waals surface area (Å²) in [5.41, 5.74) is 0.819. The first-order valence-electron chi connectivity index (χ1n) is 12.7. The number of rotatable bonds is 7. The number of carbonyl (C=O) groups is 1. The molecule has 194 valence electrons. The highest BCUT2D eigenvalue weighted by molar-refractivity contribution is 7.89. The molecule has 9 heteroatoms. The predicted molar refractivity (Wildman–Crippen MR) is 133 cm³/mol. The first-order valence-corrected chi connectivity index (χ1v) is 14.2. The van der Waals surface area contributed by atoms with E-state index in [0.29, 0.717) is 82.2 Å². The van der Waals surface area contributed by atoms with Gasteiger partial charge in [-0.3, -0.25) is 4.79 Å². The van der Waals surface area contributed by atoms with Crippen LogP contribution in [0, 0.1) is 11.7 Å². The number of nitrogens with zero attached hydrogens (tertiary/aromatic N) is 1. The number of hydrogen-bond donors (Lipinski definition) is 1. The second-order valence-electron chi connectivity index (χ2n) is 10.0.